The summed E-state index contributed by atoms with van der Waals surface area (Å²) in [5.41, 5.74) is 1.42. The van der Waals surface area contributed by atoms with E-state index in [1.54, 1.807) is 13.2 Å². The first-order valence-corrected chi connectivity index (χ1v) is 18.3. The molecular weight excluding hydrogens is 664 g/mol. The van der Waals surface area contributed by atoms with Gasteiger partial charge in [0.1, 0.15) is 12.0 Å². The highest BCUT2D eigenvalue weighted by Gasteiger charge is 2.59. The first-order chi connectivity index (χ1) is 25.0. The first kappa shape index (κ1) is 42.6. The lowest BCUT2D eigenvalue weighted by atomic mass is 9.74. The molecule has 1 saturated heterocycles. The maximum Gasteiger partial charge on any atom is 0.330 e. The number of aldehydes is 1. The molecule has 0 amide bonds. The maximum atomic E-state index is 13.4. The van der Waals surface area contributed by atoms with Gasteiger partial charge < -0.3 is 33.2 Å². The summed E-state index contributed by atoms with van der Waals surface area (Å²) in [6.07, 6.45) is 8.06. The molecule has 10 nitrogen and oxygen atoms in total. The van der Waals surface area contributed by atoms with Gasteiger partial charge in [0.05, 0.1) is 45.7 Å². The minimum absolute atomic E-state index is 0.205. The number of hydrogen-bond acceptors (Lipinski definition) is 10. The van der Waals surface area contributed by atoms with Gasteiger partial charge in [0.25, 0.3) is 0 Å². The van der Waals surface area contributed by atoms with Crippen molar-refractivity contribution in [1.29, 1.82) is 0 Å². The van der Waals surface area contributed by atoms with Crippen LogP contribution < -0.4 is 4.74 Å². The standard InChI is InChI=1S/C42H58O10/c1-8-9-10-11-15-19-38(44)51-40-34(27-39(45)47-6)26-36(52-42(40,48-7)41(3,4)24-16-25-43)28-37(31(2)49-29-32-17-13-12-14-18-32)50-30-33-20-22-35(46-5)23-21-33/h12-14,16-18,20-25,27,31,36-37,40H,8-11,15,19,26,28-30H2,1-7H3/b24-16+,34-27+/t31-,36-,37-,40-,42+/m0/s1. The molecule has 10 heteroatoms. The normalized spacial score (nSPS) is 21.1. The lowest BCUT2D eigenvalue weighted by Gasteiger charge is -2.53. The van der Waals surface area contributed by atoms with Gasteiger partial charge in [0.2, 0.25) is 5.79 Å². The van der Waals surface area contributed by atoms with Crippen molar-refractivity contribution in [1.82, 2.24) is 0 Å². The van der Waals surface area contributed by atoms with Crippen LogP contribution in [-0.4, -0.2) is 69.8 Å². The quantitative estimate of drug-likeness (QED) is 0.0515. The van der Waals surface area contributed by atoms with E-state index >= 15 is 0 Å². The number of carbonyl (C=O) groups excluding carboxylic acids is 3. The molecule has 0 radical (unpaired) electrons. The van der Waals surface area contributed by atoms with E-state index in [9.17, 15) is 14.4 Å². The number of hydrogen-bond donors (Lipinski definition) is 0. The van der Waals surface area contributed by atoms with Crippen molar-refractivity contribution < 1.29 is 47.5 Å². The van der Waals surface area contributed by atoms with Crippen LogP contribution in [-0.2, 0) is 56.0 Å². The summed E-state index contributed by atoms with van der Waals surface area (Å²) in [7, 11) is 4.39. The summed E-state index contributed by atoms with van der Waals surface area (Å²) in [6, 6.07) is 17.5. The number of rotatable bonds is 22. The van der Waals surface area contributed by atoms with Gasteiger partial charge in [0.15, 0.2) is 6.10 Å². The SMILES string of the molecule is CCCCCCCC(=O)O[C@H]1/C(=C/C(=O)OC)C[C@@H](C[C@H](OCc2ccc(OC)cc2)[C@H](C)OCc2ccccc2)O[C@@]1(OC)C(C)(C)/C=C/C=O. The number of unbranched alkanes of at least 4 members (excludes halogenated alkanes) is 4. The van der Waals surface area contributed by atoms with E-state index in [-0.39, 0.29) is 18.9 Å². The van der Waals surface area contributed by atoms with Crippen molar-refractivity contribution in [3.05, 3.63) is 89.5 Å². The van der Waals surface area contributed by atoms with Crippen LogP contribution in [0.5, 0.6) is 5.75 Å². The summed E-state index contributed by atoms with van der Waals surface area (Å²) in [4.78, 5) is 37.8. The third kappa shape index (κ3) is 12.4. The molecule has 0 spiro atoms. The minimum Gasteiger partial charge on any atom is -0.497 e. The van der Waals surface area contributed by atoms with Crippen molar-refractivity contribution in [3.63, 3.8) is 0 Å². The topological polar surface area (TPSA) is 116 Å². The Kier molecular flexibility index (Phi) is 17.7. The van der Waals surface area contributed by atoms with Crippen LogP contribution in [0.3, 0.4) is 0 Å². The fraction of sp³-hybridized carbons (Fsp3) is 0.548. The van der Waals surface area contributed by atoms with Crippen LogP contribution in [0, 0.1) is 5.41 Å². The molecule has 2 aromatic carbocycles. The van der Waals surface area contributed by atoms with Gasteiger partial charge in [0, 0.05) is 31.4 Å². The van der Waals surface area contributed by atoms with Crippen molar-refractivity contribution in [2.45, 2.75) is 122 Å². The van der Waals surface area contributed by atoms with Crippen molar-refractivity contribution in [2.75, 3.05) is 21.3 Å². The highest BCUT2D eigenvalue weighted by atomic mass is 16.7. The van der Waals surface area contributed by atoms with Gasteiger partial charge in [-0.1, -0.05) is 95.0 Å². The predicted molar refractivity (Wildman–Crippen MR) is 198 cm³/mol. The van der Waals surface area contributed by atoms with Crippen molar-refractivity contribution in [3.8, 4) is 5.75 Å². The zero-order valence-electron chi connectivity index (χ0n) is 32.0. The fourth-order valence-corrected chi connectivity index (χ4v) is 6.45. The van der Waals surface area contributed by atoms with Crippen LogP contribution in [0.15, 0.2) is 78.4 Å². The first-order valence-electron chi connectivity index (χ1n) is 18.3. The Morgan fingerprint density at radius 3 is 2.25 bits per heavy atom. The number of esters is 2. The Morgan fingerprint density at radius 1 is 0.942 bits per heavy atom. The Balaban J connectivity index is 1.99. The molecule has 5 atom stereocenters. The van der Waals surface area contributed by atoms with Crippen LogP contribution in [0.25, 0.3) is 0 Å². The van der Waals surface area contributed by atoms with E-state index in [1.165, 1.54) is 26.4 Å². The van der Waals surface area contributed by atoms with Gasteiger partial charge in [-0.15, -0.1) is 0 Å². The third-order valence-electron chi connectivity index (χ3n) is 9.52. The van der Waals surface area contributed by atoms with E-state index in [0.717, 1.165) is 42.6 Å². The molecule has 3 rings (SSSR count). The van der Waals surface area contributed by atoms with Crippen LogP contribution in [0.1, 0.15) is 90.2 Å². The molecule has 0 aliphatic carbocycles. The summed E-state index contributed by atoms with van der Waals surface area (Å²) in [5.74, 6) is -1.93. The van der Waals surface area contributed by atoms with E-state index in [4.69, 9.17) is 33.2 Å². The monoisotopic (exact) mass is 722 g/mol. The average molecular weight is 723 g/mol. The molecule has 2 aromatic rings. The Hall–Kier alpha value is -3.83. The number of benzene rings is 2. The number of ether oxygens (including phenoxy) is 7. The molecule has 286 valence electrons. The van der Waals surface area contributed by atoms with E-state index < -0.39 is 41.5 Å². The molecule has 1 fully saturated rings. The summed E-state index contributed by atoms with van der Waals surface area (Å²) < 4.78 is 42.6. The predicted octanol–water partition coefficient (Wildman–Crippen LogP) is 7.86. The summed E-state index contributed by atoms with van der Waals surface area (Å²) in [5, 5.41) is 0. The Morgan fingerprint density at radius 2 is 1.62 bits per heavy atom. The Labute approximate surface area is 309 Å². The van der Waals surface area contributed by atoms with Gasteiger partial charge in [-0.05, 0) is 54.7 Å². The largest absolute Gasteiger partial charge is 0.497 e. The second kappa shape index (κ2) is 21.6. The molecule has 1 aliphatic rings. The second-order valence-electron chi connectivity index (χ2n) is 13.7. The van der Waals surface area contributed by atoms with Gasteiger partial charge >= 0.3 is 11.9 Å². The van der Waals surface area contributed by atoms with Crippen molar-refractivity contribution in [2.24, 2.45) is 5.41 Å². The highest BCUT2D eigenvalue weighted by molar-refractivity contribution is 5.83. The molecule has 0 saturated carbocycles. The number of methoxy groups -OCH3 is 3. The molecule has 0 aromatic heterocycles. The smallest absolute Gasteiger partial charge is 0.330 e. The van der Waals surface area contributed by atoms with Crippen LogP contribution in [0.4, 0.5) is 0 Å². The molecule has 0 bridgehead atoms. The Bertz CT molecular complexity index is 1430. The summed E-state index contributed by atoms with van der Waals surface area (Å²) in [6.45, 7) is 8.45. The minimum atomic E-state index is -1.64. The average Bonchev–Trinajstić information content (AvgIpc) is 3.15. The molecule has 1 heterocycles. The van der Waals surface area contributed by atoms with Crippen LogP contribution in [0.2, 0.25) is 0 Å². The lowest BCUT2D eigenvalue weighted by Crippen LogP contribution is -2.63. The van der Waals surface area contributed by atoms with E-state index in [2.05, 4.69) is 6.92 Å². The number of allylic oxidation sites excluding steroid dienone is 1. The zero-order valence-corrected chi connectivity index (χ0v) is 32.0. The lowest BCUT2D eigenvalue weighted by molar-refractivity contribution is -0.339. The van der Waals surface area contributed by atoms with Gasteiger partial charge in [-0.3, -0.25) is 9.59 Å². The molecule has 1 aliphatic heterocycles. The van der Waals surface area contributed by atoms with Gasteiger partial charge in [-0.25, -0.2) is 4.79 Å². The highest BCUT2D eigenvalue weighted by Crippen LogP contribution is 2.49. The molecule has 52 heavy (non-hydrogen) atoms. The number of carbonyl (C=O) groups is 3. The summed E-state index contributed by atoms with van der Waals surface area (Å²) >= 11 is 0. The molecule has 0 N–H and O–H groups in total. The maximum absolute atomic E-state index is 13.4. The van der Waals surface area contributed by atoms with E-state index in [0.29, 0.717) is 37.9 Å². The molecule has 0 unspecified atom stereocenters. The zero-order chi connectivity index (χ0) is 38.0. The molecular formula is C42H58O10. The second-order valence-corrected chi connectivity index (χ2v) is 13.7. The van der Waals surface area contributed by atoms with Crippen LogP contribution >= 0.6 is 0 Å². The third-order valence-corrected chi connectivity index (χ3v) is 9.52. The van der Waals surface area contributed by atoms with E-state index in [1.807, 2.05) is 75.4 Å². The fourth-order valence-electron chi connectivity index (χ4n) is 6.45. The van der Waals surface area contributed by atoms with Gasteiger partial charge in [-0.2, -0.15) is 0 Å². The van der Waals surface area contributed by atoms with Crippen molar-refractivity contribution >= 4 is 18.2 Å².